The van der Waals surface area contributed by atoms with Gasteiger partial charge in [0.1, 0.15) is 0 Å². The molecule has 0 unspecified atom stereocenters. The highest BCUT2D eigenvalue weighted by atomic mass is 16.5. The molecule has 14 heavy (non-hydrogen) atoms. The lowest BCUT2D eigenvalue weighted by Gasteiger charge is -2.26. The van der Waals surface area contributed by atoms with Crippen LogP contribution >= 0.6 is 0 Å². The van der Waals surface area contributed by atoms with Gasteiger partial charge in [-0.2, -0.15) is 0 Å². The van der Waals surface area contributed by atoms with E-state index in [2.05, 4.69) is 16.0 Å². The monoisotopic (exact) mass is 188 g/mol. The number of aliphatic imine (C=N–C) groups is 1. The third-order valence-corrected chi connectivity index (χ3v) is 2.84. The van der Waals surface area contributed by atoms with Gasteiger partial charge in [0, 0.05) is 36.9 Å². The smallest absolute Gasteiger partial charge is 0.0557 e. The largest absolute Gasteiger partial charge is 0.380 e. The van der Waals surface area contributed by atoms with Crippen LogP contribution in [0.1, 0.15) is 22.7 Å². The van der Waals surface area contributed by atoms with Gasteiger partial charge >= 0.3 is 0 Å². The zero-order chi connectivity index (χ0) is 9.38. The molecule has 2 aliphatic rings. The maximum Gasteiger partial charge on any atom is 0.0557 e. The zero-order valence-corrected chi connectivity index (χ0v) is 7.94. The summed E-state index contributed by atoms with van der Waals surface area (Å²) in [6.07, 6.45) is 4.91. The van der Waals surface area contributed by atoms with Crippen molar-refractivity contribution in [3.8, 4) is 0 Å². The molecule has 2 aliphatic heterocycles. The molecule has 0 bridgehead atoms. The molecule has 3 nitrogen and oxygen atoms in total. The van der Waals surface area contributed by atoms with Crippen LogP contribution in [-0.4, -0.2) is 31.0 Å². The Kier molecular flexibility index (Phi) is 1.84. The summed E-state index contributed by atoms with van der Waals surface area (Å²) in [6, 6.07) is 2.21. The van der Waals surface area contributed by atoms with Crippen LogP contribution in [-0.2, 0) is 11.2 Å². The molecule has 3 rings (SSSR count). The molecule has 1 aromatic rings. The molecule has 0 atom stereocenters. The Balaban J connectivity index is 1.97. The van der Waals surface area contributed by atoms with E-state index in [9.17, 15) is 0 Å². The first-order valence-corrected chi connectivity index (χ1v) is 5.00. The van der Waals surface area contributed by atoms with Crippen LogP contribution in [0.15, 0.2) is 17.3 Å². The Bertz CT molecular complexity index is 383. The topological polar surface area (TPSA) is 34.5 Å². The molecule has 0 amide bonds. The first kappa shape index (κ1) is 8.12. The van der Waals surface area contributed by atoms with Gasteiger partial charge < -0.3 is 4.74 Å². The van der Waals surface area contributed by atoms with E-state index in [1.165, 1.54) is 16.8 Å². The summed E-state index contributed by atoms with van der Waals surface area (Å²) >= 11 is 0. The number of ether oxygens (including phenoxy) is 1. The van der Waals surface area contributed by atoms with Crippen LogP contribution in [0, 0.1) is 0 Å². The normalized spacial score (nSPS) is 20.3. The highest BCUT2D eigenvalue weighted by Crippen LogP contribution is 2.25. The van der Waals surface area contributed by atoms with Crippen molar-refractivity contribution in [3.63, 3.8) is 0 Å². The van der Waals surface area contributed by atoms with Gasteiger partial charge in [0.05, 0.1) is 18.9 Å². The first-order chi connectivity index (χ1) is 6.93. The quantitative estimate of drug-likeness (QED) is 0.663. The molecular weight excluding hydrogens is 176 g/mol. The number of aromatic nitrogens is 1. The molecule has 0 aliphatic carbocycles. The van der Waals surface area contributed by atoms with Crippen LogP contribution < -0.4 is 0 Å². The van der Waals surface area contributed by atoms with E-state index < -0.39 is 0 Å². The van der Waals surface area contributed by atoms with E-state index in [1.807, 2.05) is 12.4 Å². The summed E-state index contributed by atoms with van der Waals surface area (Å²) in [5.74, 6) is 0.558. The third kappa shape index (κ3) is 1.24. The van der Waals surface area contributed by atoms with Crippen LogP contribution in [0.5, 0.6) is 0 Å². The van der Waals surface area contributed by atoms with Gasteiger partial charge in [-0.15, -0.1) is 0 Å². The Hall–Kier alpha value is -1.22. The second kappa shape index (κ2) is 3.17. The molecule has 1 fully saturated rings. The fraction of sp³-hybridized carbons (Fsp3) is 0.455. The predicted octanol–water partition coefficient (Wildman–Crippen LogP) is 1.17. The van der Waals surface area contributed by atoms with Crippen LogP contribution in [0.25, 0.3) is 0 Å². The summed E-state index contributed by atoms with van der Waals surface area (Å²) in [4.78, 5) is 8.74. The van der Waals surface area contributed by atoms with E-state index in [-0.39, 0.29) is 0 Å². The van der Waals surface area contributed by atoms with Crippen LogP contribution in [0.4, 0.5) is 0 Å². The van der Waals surface area contributed by atoms with Gasteiger partial charge in [0.2, 0.25) is 0 Å². The molecule has 0 radical (unpaired) electrons. The average molecular weight is 188 g/mol. The number of nitrogens with zero attached hydrogens (tertiary/aromatic N) is 2. The maximum atomic E-state index is 5.17. The van der Waals surface area contributed by atoms with Crippen molar-refractivity contribution < 1.29 is 4.74 Å². The summed E-state index contributed by atoms with van der Waals surface area (Å²) in [5.41, 5.74) is 3.67. The second-order valence-corrected chi connectivity index (χ2v) is 3.82. The maximum absolute atomic E-state index is 5.17. The van der Waals surface area contributed by atoms with Crippen LogP contribution in [0.2, 0.25) is 0 Å². The van der Waals surface area contributed by atoms with Gasteiger partial charge in [0.25, 0.3) is 0 Å². The van der Waals surface area contributed by atoms with E-state index in [1.54, 1.807) is 0 Å². The third-order valence-electron chi connectivity index (χ3n) is 2.84. The van der Waals surface area contributed by atoms with Crippen molar-refractivity contribution in [2.24, 2.45) is 4.99 Å². The number of pyridine rings is 1. The fourth-order valence-corrected chi connectivity index (χ4v) is 1.83. The van der Waals surface area contributed by atoms with E-state index in [0.717, 1.165) is 26.2 Å². The molecule has 0 spiro atoms. The van der Waals surface area contributed by atoms with Gasteiger partial charge in [-0.1, -0.05) is 0 Å². The molecule has 1 saturated heterocycles. The molecule has 72 valence electrons. The lowest BCUT2D eigenvalue weighted by Crippen LogP contribution is -2.25. The number of hydrogen-bond acceptors (Lipinski definition) is 3. The molecule has 3 heteroatoms. The van der Waals surface area contributed by atoms with Gasteiger partial charge in [0.15, 0.2) is 0 Å². The lowest BCUT2D eigenvalue weighted by molar-refractivity contribution is 0.00827. The standard InChI is InChI=1S/C11H12N2O/c1-2-12-4-9-3-8(5-13-11(1)9)10-6-14-7-10/h3-5,10H,1-2,6-7H2. The van der Waals surface area contributed by atoms with Crippen molar-refractivity contribution in [3.05, 3.63) is 29.1 Å². The van der Waals surface area contributed by atoms with Crippen molar-refractivity contribution in [1.29, 1.82) is 0 Å². The highest BCUT2D eigenvalue weighted by Gasteiger charge is 2.21. The molecule has 1 aromatic heterocycles. The van der Waals surface area contributed by atoms with Gasteiger partial charge in [-0.05, 0) is 11.6 Å². The number of hydrogen-bond donors (Lipinski definition) is 0. The summed E-state index contributed by atoms with van der Waals surface area (Å²) in [6.45, 7) is 2.57. The first-order valence-electron chi connectivity index (χ1n) is 5.00. The Labute approximate surface area is 82.8 Å². The van der Waals surface area contributed by atoms with Crippen molar-refractivity contribution in [1.82, 2.24) is 4.98 Å². The number of fused-ring (bicyclic) bond motifs is 1. The fourth-order valence-electron chi connectivity index (χ4n) is 1.83. The number of rotatable bonds is 1. The Morgan fingerprint density at radius 1 is 1.36 bits per heavy atom. The minimum atomic E-state index is 0.558. The minimum absolute atomic E-state index is 0.558. The average Bonchev–Trinajstić information content (AvgIpc) is 2.15. The summed E-state index contributed by atoms with van der Waals surface area (Å²) in [5, 5.41) is 0. The van der Waals surface area contributed by atoms with E-state index in [4.69, 9.17) is 4.74 Å². The van der Waals surface area contributed by atoms with Crippen LogP contribution in [0.3, 0.4) is 0 Å². The van der Waals surface area contributed by atoms with E-state index in [0.29, 0.717) is 5.92 Å². The summed E-state index contributed by atoms with van der Waals surface area (Å²) < 4.78 is 5.17. The lowest BCUT2D eigenvalue weighted by atomic mass is 9.96. The SMILES string of the molecule is C1=NCCc2ncc(C3COC3)cc21. The zero-order valence-electron chi connectivity index (χ0n) is 7.94. The molecule has 0 N–H and O–H groups in total. The molecule has 0 saturated carbocycles. The second-order valence-electron chi connectivity index (χ2n) is 3.82. The van der Waals surface area contributed by atoms with E-state index >= 15 is 0 Å². The van der Waals surface area contributed by atoms with Crippen molar-refractivity contribution >= 4 is 6.21 Å². The molecule has 0 aromatic carbocycles. The van der Waals surface area contributed by atoms with Gasteiger partial charge in [-0.25, -0.2) is 0 Å². The Morgan fingerprint density at radius 2 is 2.29 bits per heavy atom. The molecular formula is C11H12N2O. The van der Waals surface area contributed by atoms with Crippen molar-refractivity contribution in [2.45, 2.75) is 12.3 Å². The minimum Gasteiger partial charge on any atom is -0.380 e. The Morgan fingerprint density at radius 3 is 3.07 bits per heavy atom. The predicted molar refractivity (Wildman–Crippen MR) is 54.0 cm³/mol. The summed E-state index contributed by atoms with van der Waals surface area (Å²) in [7, 11) is 0. The van der Waals surface area contributed by atoms with Crippen molar-refractivity contribution in [2.75, 3.05) is 19.8 Å². The molecule has 3 heterocycles. The highest BCUT2D eigenvalue weighted by molar-refractivity contribution is 5.82. The van der Waals surface area contributed by atoms with Gasteiger partial charge in [-0.3, -0.25) is 9.98 Å².